The van der Waals surface area contributed by atoms with Gasteiger partial charge in [-0.3, -0.25) is 0 Å². The van der Waals surface area contributed by atoms with E-state index in [0.29, 0.717) is 6.20 Å². The van der Waals surface area contributed by atoms with Crippen LogP contribution in [0.4, 0.5) is 39.5 Å². The fraction of sp³-hybridized carbons (Fsp3) is 0.222. The lowest BCUT2D eigenvalue weighted by atomic mass is 10.1. The Balaban J connectivity index is 2.25. The summed E-state index contributed by atoms with van der Waals surface area (Å²) in [5.74, 6) is -3.71. The SMILES string of the molecule is COC(=O)c1cnn(-c2cccc(-c3cc(C(F)(F)F)cnc3OS(=O)(=O)C(F)(F)F)n2)c1C(F)(F)F. The zero-order chi connectivity index (χ0) is 28.0. The Labute approximate surface area is 199 Å². The van der Waals surface area contributed by atoms with Crippen molar-refractivity contribution in [1.29, 1.82) is 0 Å². The van der Waals surface area contributed by atoms with Crippen LogP contribution in [0.1, 0.15) is 21.6 Å². The third-order valence-electron chi connectivity index (χ3n) is 4.32. The van der Waals surface area contributed by atoms with Crippen LogP contribution in [0.25, 0.3) is 17.1 Å². The fourth-order valence-electron chi connectivity index (χ4n) is 2.75. The molecule has 9 nitrogen and oxygen atoms in total. The highest BCUT2D eigenvalue weighted by atomic mass is 32.2. The number of hydrogen-bond donors (Lipinski definition) is 0. The molecule has 200 valence electrons. The molecule has 0 aliphatic heterocycles. The van der Waals surface area contributed by atoms with Crippen LogP contribution >= 0.6 is 0 Å². The van der Waals surface area contributed by atoms with E-state index >= 15 is 0 Å². The van der Waals surface area contributed by atoms with Crippen molar-refractivity contribution in [3.63, 3.8) is 0 Å². The zero-order valence-corrected chi connectivity index (χ0v) is 18.4. The van der Waals surface area contributed by atoms with Gasteiger partial charge in [0.15, 0.2) is 11.5 Å². The Bertz CT molecular complexity index is 1450. The van der Waals surface area contributed by atoms with Crippen LogP contribution in [0, 0.1) is 0 Å². The number of esters is 1. The van der Waals surface area contributed by atoms with E-state index in [4.69, 9.17) is 0 Å². The number of carbonyl (C=O) groups excluding carboxylic acids is 1. The Morgan fingerprint density at radius 3 is 2.16 bits per heavy atom. The van der Waals surface area contributed by atoms with Crippen molar-refractivity contribution >= 4 is 16.1 Å². The van der Waals surface area contributed by atoms with Gasteiger partial charge >= 0.3 is 33.9 Å². The number of aromatic nitrogens is 4. The van der Waals surface area contributed by atoms with Crippen LogP contribution in [0.15, 0.2) is 36.7 Å². The molecule has 3 heterocycles. The molecule has 0 bridgehead atoms. The maximum absolute atomic E-state index is 13.7. The van der Waals surface area contributed by atoms with E-state index in [-0.39, 0.29) is 16.9 Å². The predicted molar refractivity (Wildman–Crippen MR) is 102 cm³/mol. The van der Waals surface area contributed by atoms with E-state index in [2.05, 4.69) is 24.0 Å². The van der Waals surface area contributed by atoms with Crippen molar-refractivity contribution in [2.75, 3.05) is 7.11 Å². The molecule has 0 N–H and O–H groups in total. The summed E-state index contributed by atoms with van der Waals surface area (Å²) in [6, 6.07) is 2.74. The molecule has 3 rings (SSSR count). The summed E-state index contributed by atoms with van der Waals surface area (Å²) in [5.41, 5.74) is -12.2. The largest absolute Gasteiger partial charge is 0.534 e. The molecular formula is C18H9F9N4O5S. The number of alkyl halides is 9. The average Bonchev–Trinajstić information content (AvgIpc) is 3.23. The lowest BCUT2D eigenvalue weighted by Gasteiger charge is -2.15. The van der Waals surface area contributed by atoms with Gasteiger partial charge in [0.25, 0.3) is 0 Å². The van der Waals surface area contributed by atoms with Gasteiger partial charge in [-0.05, 0) is 18.2 Å². The lowest BCUT2D eigenvalue weighted by molar-refractivity contribution is -0.143. The molecule has 0 aliphatic carbocycles. The molecule has 0 radical (unpaired) electrons. The first kappa shape index (κ1) is 27.7. The maximum Gasteiger partial charge on any atom is 0.534 e. The molecule has 0 aliphatic rings. The number of carbonyl (C=O) groups is 1. The number of halogens is 9. The van der Waals surface area contributed by atoms with Crippen LogP contribution in [-0.4, -0.2) is 46.8 Å². The minimum absolute atomic E-state index is 0.0214. The average molecular weight is 564 g/mol. The second-order valence-electron chi connectivity index (χ2n) is 6.75. The Kier molecular flexibility index (Phi) is 6.88. The first-order valence-corrected chi connectivity index (χ1v) is 10.6. The van der Waals surface area contributed by atoms with Crippen LogP contribution in [-0.2, 0) is 27.2 Å². The summed E-state index contributed by atoms with van der Waals surface area (Å²) in [7, 11) is -5.63. The van der Waals surface area contributed by atoms with Crippen LogP contribution in [0.3, 0.4) is 0 Å². The van der Waals surface area contributed by atoms with Crippen molar-refractivity contribution in [2.45, 2.75) is 17.9 Å². The van der Waals surface area contributed by atoms with Gasteiger partial charge in [0.2, 0.25) is 5.88 Å². The first-order valence-electron chi connectivity index (χ1n) is 9.16. The Morgan fingerprint density at radius 1 is 0.973 bits per heavy atom. The van der Waals surface area contributed by atoms with Crippen molar-refractivity contribution in [3.8, 4) is 23.0 Å². The van der Waals surface area contributed by atoms with E-state index in [1.807, 2.05) is 0 Å². The molecule has 3 aromatic heterocycles. The number of nitrogens with zero attached hydrogens (tertiary/aromatic N) is 4. The molecule has 3 aromatic rings. The zero-order valence-electron chi connectivity index (χ0n) is 17.6. The first-order chi connectivity index (χ1) is 16.9. The van der Waals surface area contributed by atoms with E-state index in [0.717, 1.165) is 25.3 Å². The van der Waals surface area contributed by atoms with Crippen LogP contribution < -0.4 is 4.18 Å². The molecule has 0 saturated carbocycles. The van der Waals surface area contributed by atoms with Gasteiger partial charge < -0.3 is 8.92 Å². The third kappa shape index (κ3) is 5.59. The number of hydrogen-bond acceptors (Lipinski definition) is 8. The monoisotopic (exact) mass is 564 g/mol. The van der Waals surface area contributed by atoms with Gasteiger partial charge in [0.05, 0.1) is 30.1 Å². The highest BCUT2D eigenvalue weighted by Crippen LogP contribution is 2.38. The Hall–Kier alpha value is -3.90. The van der Waals surface area contributed by atoms with E-state index in [1.54, 1.807) is 0 Å². The smallest absolute Gasteiger partial charge is 0.465 e. The van der Waals surface area contributed by atoms with Crippen molar-refractivity contribution in [1.82, 2.24) is 19.7 Å². The third-order valence-corrected chi connectivity index (χ3v) is 5.27. The van der Waals surface area contributed by atoms with E-state index in [1.165, 1.54) is 0 Å². The highest BCUT2D eigenvalue weighted by molar-refractivity contribution is 7.88. The minimum Gasteiger partial charge on any atom is -0.465 e. The molecule has 0 atom stereocenters. The molecule has 0 spiro atoms. The summed E-state index contributed by atoms with van der Waals surface area (Å²) in [6.07, 6.45) is -9.90. The van der Waals surface area contributed by atoms with E-state index in [9.17, 15) is 52.7 Å². The van der Waals surface area contributed by atoms with Gasteiger partial charge in [0, 0.05) is 6.20 Å². The highest BCUT2D eigenvalue weighted by Gasteiger charge is 2.49. The standard InChI is InChI=1S/C18H9F9N4O5S/c1-35-15(32)10-7-29-31(13(10)17(22,23)24)12-4-2-3-11(30-12)9-5-8(16(19,20)21)6-28-14(9)36-37(33,34)18(25,26)27/h2-7H,1H3. The molecule has 0 unspecified atom stereocenters. The van der Waals surface area contributed by atoms with Gasteiger partial charge in [-0.1, -0.05) is 6.07 Å². The van der Waals surface area contributed by atoms with Gasteiger partial charge in [0.1, 0.15) is 5.56 Å². The number of ether oxygens (including phenoxy) is 1. The topological polar surface area (TPSA) is 113 Å². The molecule has 0 fully saturated rings. The molecule has 37 heavy (non-hydrogen) atoms. The maximum atomic E-state index is 13.7. The van der Waals surface area contributed by atoms with Gasteiger partial charge in [-0.25, -0.2) is 19.4 Å². The molecular weight excluding hydrogens is 555 g/mol. The summed E-state index contributed by atoms with van der Waals surface area (Å²) in [6.45, 7) is 0. The number of pyridine rings is 2. The van der Waals surface area contributed by atoms with Crippen molar-refractivity contribution in [2.24, 2.45) is 0 Å². The summed E-state index contributed by atoms with van der Waals surface area (Å²) in [5, 5.41) is 3.39. The minimum atomic E-state index is -6.42. The van der Waals surface area contributed by atoms with Gasteiger partial charge in [-0.15, -0.1) is 0 Å². The number of rotatable bonds is 5. The number of methoxy groups -OCH3 is 1. The van der Waals surface area contributed by atoms with Crippen molar-refractivity contribution < 1.29 is 61.6 Å². The fourth-order valence-corrected chi connectivity index (χ4v) is 3.19. The van der Waals surface area contributed by atoms with Crippen molar-refractivity contribution in [3.05, 3.63) is 53.5 Å². The Morgan fingerprint density at radius 2 is 1.62 bits per heavy atom. The second kappa shape index (κ2) is 9.20. The normalized spacial score (nSPS) is 12.9. The summed E-state index contributed by atoms with van der Waals surface area (Å²) < 4.78 is 150. The van der Waals surface area contributed by atoms with Crippen LogP contribution in [0.2, 0.25) is 0 Å². The van der Waals surface area contributed by atoms with Gasteiger partial charge in [-0.2, -0.15) is 53.0 Å². The predicted octanol–water partition coefficient (Wildman–Crippen LogP) is 4.38. The molecule has 19 heteroatoms. The lowest BCUT2D eigenvalue weighted by Crippen LogP contribution is -2.28. The quantitative estimate of drug-likeness (QED) is 0.194. The second-order valence-corrected chi connectivity index (χ2v) is 8.28. The van der Waals surface area contributed by atoms with Crippen LogP contribution in [0.5, 0.6) is 5.88 Å². The summed E-state index contributed by atoms with van der Waals surface area (Å²) in [4.78, 5) is 18.4. The summed E-state index contributed by atoms with van der Waals surface area (Å²) >= 11 is 0. The molecule has 0 aromatic carbocycles. The molecule has 0 saturated heterocycles. The molecule has 0 amide bonds. The van der Waals surface area contributed by atoms with E-state index < -0.39 is 73.7 Å².